The van der Waals surface area contributed by atoms with Gasteiger partial charge in [0.25, 0.3) is 0 Å². The maximum absolute atomic E-state index is 12.8. The number of hydrogen-bond donors (Lipinski definition) is 1. The Morgan fingerprint density at radius 3 is 2.77 bits per heavy atom. The fourth-order valence-corrected chi connectivity index (χ4v) is 4.31. The zero-order valence-electron chi connectivity index (χ0n) is 12.6. The first kappa shape index (κ1) is 14.3. The van der Waals surface area contributed by atoms with E-state index < -0.39 is 0 Å². The fraction of sp³-hybridized carbons (Fsp3) is 0.421. The van der Waals surface area contributed by atoms with Crippen LogP contribution in [0.3, 0.4) is 0 Å². The maximum Gasteiger partial charge on any atom is 0.205 e. The monoisotopic (exact) mass is 357 g/mol. The van der Waals surface area contributed by atoms with E-state index in [9.17, 15) is 4.79 Å². The molecule has 0 spiro atoms. The quantitative estimate of drug-likeness (QED) is 0.665. The van der Waals surface area contributed by atoms with Gasteiger partial charge in [-0.05, 0) is 60.9 Å². The third-order valence-corrected chi connectivity index (χ3v) is 5.61. The van der Waals surface area contributed by atoms with E-state index in [1.165, 1.54) is 43.1 Å². The van der Waals surface area contributed by atoms with Gasteiger partial charge in [-0.1, -0.05) is 41.3 Å². The number of carbonyl (C=O) groups excluding carboxylic acids is 1. The van der Waals surface area contributed by atoms with Gasteiger partial charge >= 0.3 is 0 Å². The highest BCUT2D eigenvalue weighted by molar-refractivity contribution is 9.10. The van der Waals surface area contributed by atoms with E-state index in [-0.39, 0.29) is 5.78 Å². The highest BCUT2D eigenvalue weighted by Gasteiger charge is 2.26. The highest BCUT2D eigenvalue weighted by atomic mass is 79.9. The Labute approximate surface area is 139 Å². The van der Waals surface area contributed by atoms with Gasteiger partial charge in [-0.3, -0.25) is 4.79 Å². The summed E-state index contributed by atoms with van der Waals surface area (Å²) in [5, 5.41) is 1.19. The lowest BCUT2D eigenvalue weighted by Crippen LogP contribution is -2.15. The minimum absolute atomic E-state index is 0.221. The molecular weight excluding hydrogens is 338 g/mol. The molecule has 4 rings (SSSR count). The maximum atomic E-state index is 12.8. The van der Waals surface area contributed by atoms with Crippen LogP contribution < -0.4 is 0 Å². The molecule has 0 amide bonds. The lowest BCUT2D eigenvalue weighted by Gasteiger charge is -2.21. The summed E-state index contributed by atoms with van der Waals surface area (Å²) in [6.07, 6.45) is 10.6. The molecule has 2 aliphatic carbocycles. The molecule has 1 saturated carbocycles. The molecule has 0 unspecified atom stereocenters. The van der Waals surface area contributed by atoms with E-state index in [1.807, 2.05) is 6.07 Å². The number of rotatable bonds is 1. The van der Waals surface area contributed by atoms with Gasteiger partial charge in [0, 0.05) is 15.4 Å². The molecule has 1 aromatic carbocycles. The number of Topliss-reactive ketones (excluding diaryl/α,β-unsaturated/α-hetero) is 1. The Hall–Kier alpha value is -1.35. The standard InChI is InChI=1S/C19H20BrNO/c20-14-7-9-17-16(11-14)15-8-6-13(19(22)18(15)21-17)10-12-4-2-1-3-5-12/h7,9-12,21H,1-6,8H2/b13-10+. The van der Waals surface area contributed by atoms with Crippen molar-refractivity contribution in [1.29, 1.82) is 0 Å². The first-order valence-electron chi connectivity index (χ1n) is 8.28. The van der Waals surface area contributed by atoms with Gasteiger partial charge in [0.05, 0.1) is 5.69 Å². The van der Waals surface area contributed by atoms with Gasteiger partial charge in [-0.25, -0.2) is 0 Å². The van der Waals surface area contributed by atoms with Crippen molar-refractivity contribution in [3.63, 3.8) is 0 Å². The van der Waals surface area contributed by atoms with Crippen molar-refractivity contribution in [1.82, 2.24) is 4.98 Å². The van der Waals surface area contributed by atoms with Crippen LogP contribution in [0.1, 0.15) is 54.6 Å². The smallest absolute Gasteiger partial charge is 0.205 e. The van der Waals surface area contributed by atoms with Crippen LogP contribution in [0.15, 0.2) is 34.3 Å². The summed E-state index contributed by atoms with van der Waals surface area (Å²) in [7, 11) is 0. The van der Waals surface area contributed by atoms with E-state index >= 15 is 0 Å². The van der Waals surface area contributed by atoms with E-state index in [1.54, 1.807) is 0 Å². The van der Waals surface area contributed by atoms with Crippen LogP contribution in [0, 0.1) is 5.92 Å². The second-order valence-corrected chi connectivity index (χ2v) is 7.50. The van der Waals surface area contributed by atoms with Gasteiger partial charge in [0.15, 0.2) is 0 Å². The van der Waals surface area contributed by atoms with Gasteiger partial charge in [0.1, 0.15) is 0 Å². The number of aryl methyl sites for hydroxylation is 1. The van der Waals surface area contributed by atoms with Gasteiger partial charge in [0.2, 0.25) is 5.78 Å². The summed E-state index contributed by atoms with van der Waals surface area (Å²) in [6.45, 7) is 0. The highest BCUT2D eigenvalue weighted by Crippen LogP contribution is 2.34. The lowest BCUT2D eigenvalue weighted by molar-refractivity contribution is 0.102. The van der Waals surface area contributed by atoms with Gasteiger partial charge < -0.3 is 4.98 Å². The number of carbonyl (C=O) groups is 1. The third kappa shape index (κ3) is 2.45. The predicted molar refractivity (Wildman–Crippen MR) is 93.3 cm³/mol. The van der Waals surface area contributed by atoms with Crippen molar-refractivity contribution in [3.8, 4) is 0 Å². The molecule has 22 heavy (non-hydrogen) atoms. The Morgan fingerprint density at radius 2 is 1.95 bits per heavy atom. The molecule has 2 aromatic rings. The number of allylic oxidation sites excluding steroid dienone is 2. The van der Waals surface area contributed by atoms with Gasteiger partial charge in [-0.15, -0.1) is 0 Å². The van der Waals surface area contributed by atoms with Crippen LogP contribution in [0.5, 0.6) is 0 Å². The number of hydrogen-bond acceptors (Lipinski definition) is 1. The minimum atomic E-state index is 0.221. The molecule has 0 radical (unpaired) electrons. The van der Waals surface area contributed by atoms with Crippen molar-refractivity contribution in [2.75, 3.05) is 0 Å². The average molecular weight is 358 g/mol. The number of aromatic amines is 1. The molecule has 0 saturated heterocycles. The largest absolute Gasteiger partial charge is 0.352 e. The fourth-order valence-electron chi connectivity index (χ4n) is 3.95. The van der Waals surface area contributed by atoms with Crippen LogP contribution in [0.25, 0.3) is 10.9 Å². The van der Waals surface area contributed by atoms with Crippen molar-refractivity contribution in [2.45, 2.75) is 44.9 Å². The van der Waals surface area contributed by atoms with Crippen molar-refractivity contribution in [3.05, 3.63) is 45.6 Å². The molecule has 0 aliphatic heterocycles. The Kier molecular flexibility index (Phi) is 3.69. The van der Waals surface area contributed by atoms with E-state index in [2.05, 4.69) is 39.1 Å². The number of fused-ring (bicyclic) bond motifs is 3. The normalized spacial score (nSPS) is 21.5. The second-order valence-electron chi connectivity index (χ2n) is 6.59. The molecule has 114 valence electrons. The van der Waals surface area contributed by atoms with Crippen LogP contribution >= 0.6 is 15.9 Å². The predicted octanol–water partition coefficient (Wildman–Crippen LogP) is 5.57. The molecule has 1 N–H and O–H groups in total. The Balaban J connectivity index is 1.71. The van der Waals surface area contributed by atoms with Gasteiger partial charge in [-0.2, -0.15) is 0 Å². The third-order valence-electron chi connectivity index (χ3n) is 5.12. The number of benzene rings is 1. The molecule has 1 heterocycles. The van der Waals surface area contributed by atoms with Crippen LogP contribution in [-0.4, -0.2) is 10.8 Å². The summed E-state index contributed by atoms with van der Waals surface area (Å²) in [4.78, 5) is 16.2. The van der Waals surface area contributed by atoms with E-state index in [0.29, 0.717) is 5.92 Å². The molecule has 1 aromatic heterocycles. The molecule has 3 heteroatoms. The minimum Gasteiger partial charge on any atom is -0.352 e. The topological polar surface area (TPSA) is 32.9 Å². The first-order chi connectivity index (χ1) is 10.7. The zero-order chi connectivity index (χ0) is 15.1. The molecule has 2 nitrogen and oxygen atoms in total. The number of nitrogens with one attached hydrogen (secondary N) is 1. The average Bonchev–Trinajstić information content (AvgIpc) is 2.90. The summed E-state index contributed by atoms with van der Waals surface area (Å²) in [5.74, 6) is 0.840. The summed E-state index contributed by atoms with van der Waals surface area (Å²) < 4.78 is 1.07. The summed E-state index contributed by atoms with van der Waals surface area (Å²) in [5.41, 5.74) is 4.12. The first-order valence-corrected chi connectivity index (χ1v) is 9.07. The second kappa shape index (κ2) is 5.69. The Bertz CT molecular complexity index is 765. The van der Waals surface area contributed by atoms with Crippen LogP contribution in [0.4, 0.5) is 0 Å². The molecule has 1 fully saturated rings. The summed E-state index contributed by atoms with van der Waals surface area (Å²) in [6, 6.07) is 6.19. The molecule has 2 aliphatic rings. The number of H-pyrrole nitrogens is 1. The lowest BCUT2D eigenvalue weighted by atomic mass is 9.83. The number of halogens is 1. The number of aromatic nitrogens is 1. The van der Waals surface area contributed by atoms with Crippen LogP contribution in [0.2, 0.25) is 0 Å². The molecule has 0 bridgehead atoms. The van der Waals surface area contributed by atoms with Crippen molar-refractivity contribution in [2.24, 2.45) is 5.92 Å². The number of ketones is 1. The SMILES string of the molecule is O=C1/C(=C/C2CCCCC2)CCc2c1[nH]c1ccc(Br)cc21. The van der Waals surface area contributed by atoms with E-state index in [0.717, 1.165) is 34.1 Å². The Morgan fingerprint density at radius 1 is 1.14 bits per heavy atom. The van der Waals surface area contributed by atoms with E-state index in [4.69, 9.17) is 0 Å². The van der Waals surface area contributed by atoms with Crippen molar-refractivity contribution < 1.29 is 4.79 Å². The molecule has 0 atom stereocenters. The molecular formula is C19H20BrNO. The zero-order valence-corrected chi connectivity index (χ0v) is 14.2. The van der Waals surface area contributed by atoms with Crippen LogP contribution in [-0.2, 0) is 6.42 Å². The van der Waals surface area contributed by atoms with Crippen molar-refractivity contribution >= 4 is 32.6 Å². The summed E-state index contributed by atoms with van der Waals surface area (Å²) >= 11 is 3.53.